The van der Waals surface area contributed by atoms with Gasteiger partial charge in [0.2, 0.25) is 0 Å². The number of ether oxygens (including phenoxy) is 2. The van der Waals surface area contributed by atoms with Gasteiger partial charge in [-0.3, -0.25) is 9.36 Å². The second kappa shape index (κ2) is 12.7. The maximum Gasteiger partial charge on any atom is 0.354 e. The molecule has 9 nitrogen and oxygen atoms in total. The molecule has 11 heteroatoms. The Bertz CT molecular complexity index is 2160. The molecule has 4 heterocycles. The molecule has 0 radical (unpaired) electrons. The highest BCUT2D eigenvalue weighted by Crippen LogP contribution is 2.42. The molecule has 0 aliphatic carbocycles. The first kappa shape index (κ1) is 31.4. The third kappa shape index (κ3) is 5.68. The third-order valence-electron chi connectivity index (χ3n) is 9.05. The Hall–Kier alpha value is -4.25. The Labute approximate surface area is 282 Å². The predicted molar refractivity (Wildman–Crippen MR) is 187 cm³/mol. The van der Waals surface area contributed by atoms with Gasteiger partial charge >= 0.3 is 5.97 Å². The molecule has 0 saturated heterocycles. The molecule has 0 saturated carbocycles. The van der Waals surface area contributed by atoms with Crippen LogP contribution in [0.2, 0.25) is 5.02 Å². The van der Waals surface area contributed by atoms with Crippen LogP contribution in [0, 0.1) is 13.8 Å². The highest BCUT2D eigenvalue weighted by atomic mass is 35.5. The van der Waals surface area contributed by atoms with E-state index in [4.69, 9.17) is 31.3 Å². The van der Waals surface area contributed by atoms with E-state index in [1.54, 1.807) is 11.8 Å². The largest absolute Gasteiger partial charge is 0.493 e. The number of rotatable bonds is 1. The van der Waals surface area contributed by atoms with Gasteiger partial charge in [0.05, 0.1) is 25.1 Å². The fourth-order valence-electron chi connectivity index (χ4n) is 6.69. The van der Waals surface area contributed by atoms with E-state index in [-0.39, 0.29) is 5.97 Å². The van der Waals surface area contributed by atoms with E-state index in [0.717, 1.165) is 77.5 Å². The van der Waals surface area contributed by atoms with E-state index in [0.29, 0.717) is 43.4 Å². The number of thioether (sulfide) groups is 1. The van der Waals surface area contributed by atoms with Gasteiger partial charge in [-0.25, -0.2) is 4.79 Å². The Kier molecular flexibility index (Phi) is 8.50. The lowest BCUT2D eigenvalue weighted by Gasteiger charge is -2.14. The number of carbonyl (C=O) groups excluding carboxylic acids is 1. The number of fused-ring (bicyclic) bond motifs is 8. The molecule has 0 unspecified atom stereocenters. The van der Waals surface area contributed by atoms with Gasteiger partial charge in [0, 0.05) is 88.2 Å². The van der Waals surface area contributed by atoms with Crippen molar-refractivity contribution in [2.75, 3.05) is 13.7 Å². The number of nitrogens with one attached hydrogen (secondary N) is 1. The highest BCUT2D eigenvalue weighted by molar-refractivity contribution is 7.98. The van der Waals surface area contributed by atoms with Crippen molar-refractivity contribution >= 4 is 51.0 Å². The summed E-state index contributed by atoms with van der Waals surface area (Å²) in [6.07, 6.45) is 0.676. The van der Waals surface area contributed by atoms with Crippen LogP contribution in [0.5, 0.6) is 5.75 Å². The quantitative estimate of drug-likeness (QED) is 0.183. The first-order valence-corrected chi connectivity index (χ1v) is 17.0. The average Bonchev–Trinajstić information content (AvgIpc) is 3.66. The number of carbonyl (C=O) groups is 1. The van der Waals surface area contributed by atoms with Crippen molar-refractivity contribution in [1.82, 2.24) is 29.4 Å². The van der Waals surface area contributed by atoms with Gasteiger partial charge in [-0.1, -0.05) is 35.9 Å². The molecule has 0 amide bonds. The van der Waals surface area contributed by atoms with Crippen molar-refractivity contribution in [1.29, 1.82) is 0 Å². The topological polar surface area (TPSA) is 88.1 Å². The van der Waals surface area contributed by atoms with Crippen molar-refractivity contribution in [3.05, 3.63) is 93.7 Å². The van der Waals surface area contributed by atoms with E-state index in [2.05, 4.69) is 53.2 Å². The number of hydrogen-bond donors (Lipinski definition) is 1. The summed E-state index contributed by atoms with van der Waals surface area (Å²) in [6.45, 7) is 6.16. The zero-order chi connectivity index (χ0) is 32.8. The minimum atomic E-state index is -0.383. The van der Waals surface area contributed by atoms with Crippen LogP contribution in [-0.4, -0.2) is 43.8 Å². The Morgan fingerprint density at radius 3 is 2.68 bits per heavy atom. The van der Waals surface area contributed by atoms with E-state index >= 15 is 0 Å². The first-order chi connectivity index (χ1) is 22.7. The number of esters is 1. The number of hydrogen-bond acceptors (Lipinski definition) is 7. The zero-order valence-electron chi connectivity index (χ0n) is 27.2. The number of halogens is 1. The average molecular weight is 669 g/mol. The van der Waals surface area contributed by atoms with Gasteiger partial charge in [0.15, 0.2) is 0 Å². The molecule has 1 aliphatic heterocycles. The fourth-order valence-corrected chi connectivity index (χ4v) is 7.93. The highest BCUT2D eigenvalue weighted by Gasteiger charge is 2.27. The summed E-state index contributed by atoms with van der Waals surface area (Å²) >= 11 is 8.80. The second-order valence-corrected chi connectivity index (χ2v) is 13.4. The molecule has 1 N–H and O–H groups in total. The smallest absolute Gasteiger partial charge is 0.354 e. The molecule has 8 bridgehead atoms. The van der Waals surface area contributed by atoms with Crippen LogP contribution >= 0.6 is 23.4 Å². The molecule has 0 fully saturated rings. The third-order valence-corrected chi connectivity index (χ3v) is 10.4. The van der Waals surface area contributed by atoms with Gasteiger partial charge < -0.3 is 19.4 Å². The van der Waals surface area contributed by atoms with Gasteiger partial charge in [-0.2, -0.15) is 10.2 Å². The SMILES string of the molecule is COC(=O)c1c(C)c2c3c(Cl)ccc2n1CCCOc1cc(cc2ccccc12)SCc1cc(nn1C)CNCc1nn(C)c(C)c1-3. The lowest BCUT2D eigenvalue weighted by Crippen LogP contribution is -2.14. The second-order valence-electron chi connectivity index (χ2n) is 12.0. The molecule has 3 aromatic heterocycles. The van der Waals surface area contributed by atoms with Crippen LogP contribution in [0.25, 0.3) is 32.8 Å². The molecular formula is C36H37ClN6O3S. The molecular weight excluding hydrogens is 632 g/mol. The Morgan fingerprint density at radius 1 is 1.02 bits per heavy atom. The van der Waals surface area contributed by atoms with E-state index < -0.39 is 0 Å². The number of benzene rings is 3. The molecule has 0 spiro atoms. The van der Waals surface area contributed by atoms with Crippen molar-refractivity contribution in [2.24, 2.45) is 14.1 Å². The van der Waals surface area contributed by atoms with Crippen molar-refractivity contribution in [2.45, 2.75) is 50.6 Å². The monoisotopic (exact) mass is 668 g/mol. The number of nitrogens with zero attached hydrogens (tertiary/aromatic N) is 5. The maximum absolute atomic E-state index is 13.3. The summed E-state index contributed by atoms with van der Waals surface area (Å²) in [5, 5.41) is 17.0. The fraction of sp³-hybridized carbons (Fsp3) is 0.306. The zero-order valence-corrected chi connectivity index (χ0v) is 28.8. The minimum absolute atomic E-state index is 0.383. The first-order valence-electron chi connectivity index (χ1n) is 15.7. The maximum atomic E-state index is 13.3. The molecule has 242 valence electrons. The number of aromatic nitrogens is 5. The normalized spacial score (nSPS) is 14.2. The predicted octanol–water partition coefficient (Wildman–Crippen LogP) is 7.35. The molecule has 3 aromatic carbocycles. The van der Waals surface area contributed by atoms with E-state index in [1.165, 1.54) is 7.11 Å². The van der Waals surface area contributed by atoms with Crippen LogP contribution in [0.4, 0.5) is 0 Å². The summed E-state index contributed by atoms with van der Waals surface area (Å²) in [7, 11) is 5.36. The molecule has 7 rings (SSSR count). The number of aryl methyl sites for hydroxylation is 4. The summed E-state index contributed by atoms with van der Waals surface area (Å²) in [5.41, 5.74) is 8.06. The van der Waals surface area contributed by atoms with Gasteiger partial charge in [0.1, 0.15) is 11.4 Å². The van der Waals surface area contributed by atoms with Gasteiger partial charge in [0.25, 0.3) is 0 Å². The van der Waals surface area contributed by atoms with Crippen LogP contribution < -0.4 is 10.1 Å². The standard InChI is InChI=1S/C36H37ClN6O3S/c1-21-32-30-12-11-28(37)34(32)33-22(2)41(3)40-29(33)19-38-18-24-16-25(42(4)39-24)20-47-26-15-23-9-6-7-10-27(23)31(17-26)46-14-8-13-43(30)35(21)36(44)45-5/h6-7,9-12,15-17,38H,8,13-14,18-20H2,1-5H3. The van der Waals surface area contributed by atoms with Crippen LogP contribution in [-0.2, 0) is 44.2 Å². The van der Waals surface area contributed by atoms with Crippen LogP contribution in [0.1, 0.15) is 45.2 Å². The molecule has 47 heavy (non-hydrogen) atoms. The summed E-state index contributed by atoms with van der Waals surface area (Å²) in [6, 6.07) is 18.7. The Morgan fingerprint density at radius 2 is 1.85 bits per heavy atom. The lowest BCUT2D eigenvalue weighted by molar-refractivity contribution is 0.0587. The van der Waals surface area contributed by atoms with Crippen molar-refractivity contribution in [3.8, 4) is 16.9 Å². The van der Waals surface area contributed by atoms with Gasteiger partial charge in [-0.05, 0) is 61.5 Å². The van der Waals surface area contributed by atoms with Gasteiger partial charge in [-0.15, -0.1) is 11.8 Å². The molecule has 1 aliphatic rings. The number of methoxy groups -OCH3 is 1. The van der Waals surface area contributed by atoms with E-state index in [1.807, 2.05) is 48.6 Å². The van der Waals surface area contributed by atoms with Crippen LogP contribution in [0.3, 0.4) is 0 Å². The van der Waals surface area contributed by atoms with E-state index in [9.17, 15) is 4.79 Å². The summed E-state index contributed by atoms with van der Waals surface area (Å²) < 4.78 is 17.7. The molecule has 0 atom stereocenters. The summed E-state index contributed by atoms with van der Waals surface area (Å²) in [5.74, 6) is 1.24. The molecule has 6 aromatic rings. The minimum Gasteiger partial charge on any atom is -0.493 e. The van der Waals surface area contributed by atoms with Crippen molar-refractivity contribution in [3.63, 3.8) is 0 Å². The Balaban J connectivity index is 1.37. The van der Waals surface area contributed by atoms with Crippen LogP contribution in [0.15, 0.2) is 59.5 Å². The lowest BCUT2D eigenvalue weighted by atomic mass is 9.96. The van der Waals surface area contributed by atoms with Crippen molar-refractivity contribution < 1.29 is 14.3 Å². The summed E-state index contributed by atoms with van der Waals surface area (Å²) in [4.78, 5) is 14.4.